The van der Waals surface area contributed by atoms with E-state index in [1.807, 2.05) is 13.8 Å². The largest absolute Gasteiger partial charge is 0.463 e. The second kappa shape index (κ2) is 10.9. The third-order valence-corrected chi connectivity index (χ3v) is 5.85. The fourth-order valence-corrected chi connectivity index (χ4v) is 3.74. The molecular weight excluding hydrogens is 328 g/mol. The average Bonchev–Trinajstić information content (AvgIpc) is 2.58. The fourth-order valence-electron chi connectivity index (χ4n) is 3.74. The summed E-state index contributed by atoms with van der Waals surface area (Å²) in [4.78, 5) is 23.0. The van der Waals surface area contributed by atoms with Gasteiger partial charge in [-0.05, 0) is 55.8 Å². The average molecular weight is 367 g/mol. The minimum atomic E-state index is -0.735. The summed E-state index contributed by atoms with van der Waals surface area (Å²) in [6.07, 6.45) is 10.7. The van der Waals surface area contributed by atoms with Crippen LogP contribution < -0.4 is 0 Å². The molecule has 4 nitrogen and oxygen atoms in total. The van der Waals surface area contributed by atoms with Crippen molar-refractivity contribution in [3.05, 3.63) is 11.6 Å². The number of ether oxygens (including phenoxy) is 1. The Balaban J connectivity index is 2.33. The number of carbonyl (C=O) groups is 2. The smallest absolute Gasteiger partial charge is 0.374 e. The molecule has 0 saturated heterocycles. The van der Waals surface area contributed by atoms with Crippen molar-refractivity contribution in [3.8, 4) is 0 Å². The minimum Gasteiger partial charge on any atom is -0.463 e. The number of esters is 1. The van der Waals surface area contributed by atoms with Crippen LogP contribution >= 0.6 is 0 Å². The minimum absolute atomic E-state index is 0.141. The van der Waals surface area contributed by atoms with E-state index in [1.54, 1.807) is 0 Å². The Labute approximate surface area is 159 Å². The zero-order valence-electron chi connectivity index (χ0n) is 17.3. The van der Waals surface area contributed by atoms with Gasteiger partial charge in [0.1, 0.15) is 0 Å². The highest BCUT2D eigenvalue weighted by atomic mass is 16.5. The van der Waals surface area contributed by atoms with Crippen LogP contribution in [-0.2, 0) is 14.3 Å². The summed E-state index contributed by atoms with van der Waals surface area (Å²) in [6.45, 7) is 8.68. The Morgan fingerprint density at radius 1 is 1.31 bits per heavy atom. The van der Waals surface area contributed by atoms with Gasteiger partial charge in [0.05, 0.1) is 13.2 Å². The SMILES string of the molecule is COC(=O)C(=O)CC(C)(C)CCC[C@H](C)C(C)C/C=C1\CCC[C@H](O)C1. The molecule has 0 aliphatic heterocycles. The van der Waals surface area contributed by atoms with Gasteiger partial charge in [-0.15, -0.1) is 0 Å². The number of Topliss-reactive ketones (excluding diaryl/α,β-unsaturated/α-hetero) is 1. The molecule has 0 bridgehead atoms. The van der Waals surface area contributed by atoms with Crippen molar-refractivity contribution in [1.29, 1.82) is 0 Å². The lowest BCUT2D eigenvalue weighted by molar-refractivity contribution is -0.152. The summed E-state index contributed by atoms with van der Waals surface area (Å²) >= 11 is 0. The molecule has 4 heteroatoms. The highest BCUT2D eigenvalue weighted by Crippen LogP contribution is 2.31. The molecule has 0 radical (unpaired) electrons. The van der Waals surface area contributed by atoms with Gasteiger partial charge >= 0.3 is 5.97 Å². The van der Waals surface area contributed by atoms with Gasteiger partial charge in [0, 0.05) is 6.42 Å². The second-order valence-electron chi connectivity index (χ2n) is 8.95. The number of methoxy groups -OCH3 is 1. The predicted octanol–water partition coefficient (Wildman–Crippen LogP) is 4.84. The number of carbonyl (C=O) groups excluding carboxylic acids is 2. The molecule has 0 amide bonds. The van der Waals surface area contributed by atoms with Crippen molar-refractivity contribution in [2.75, 3.05) is 7.11 Å². The lowest BCUT2D eigenvalue weighted by Crippen LogP contribution is -2.24. The van der Waals surface area contributed by atoms with E-state index in [9.17, 15) is 14.7 Å². The maximum atomic E-state index is 11.8. The highest BCUT2D eigenvalue weighted by Gasteiger charge is 2.26. The van der Waals surface area contributed by atoms with Gasteiger partial charge in [-0.2, -0.15) is 0 Å². The van der Waals surface area contributed by atoms with Crippen LogP contribution in [0.5, 0.6) is 0 Å². The van der Waals surface area contributed by atoms with Gasteiger partial charge in [0.15, 0.2) is 0 Å². The lowest BCUT2D eigenvalue weighted by Gasteiger charge is -2.25. The van der Waals surface area contributed by atoms with Gasteiger partial charge in [-0.3, -0.25) is 4.79 Å². The zero-order chi connectivity index (χ0) is 19.7. The van der Waals surface area contributed by atoms with Crippen LogP contribution in [0.2, 0.25) is 0 Å². The lowest BCUT2D eigenvalue weighted by atomic mass is 9.80. The van der Waals surface area contributed by atoms with E-state index in [0.717, 1.165) is 51.4 Å². The molecule has 3 atom stereocenters. The van der Waals surface area contributed by atoms with E-state index < -0.39 is 11.8 Å². The Kier molecular flexibility index (Phi) is 9.56. The molecule has 1 fully saturated rings. The molecule has 1 saturated carbocycles. The number of allylic oxidation sites excluding steroid dienone is 1. The summed E-state index contributed by atoms with van der Waals surface area (Å²) in [7, 11) is 1.25. The number of hydrogen-bond donors (Lipinski definition) is 1. The van der Waals surface area contributed by atoms with Gasteiger partial charge in [0.25, 0.3) is 0 Å². The predicted molar refractivity (Wildman–Crippen MR) is 105 cm³/mol. The maximum Gasteiger partial charge on any atom is 0.374 e. The van der Waals surface area contributed by atoms with E-state index >= 15 is 0 Å². The molecule has 26 heavy (non-hydrogen) atoms. The van der Waals surface area contributed by atoms with Gasteiger partial charge in [-0.25, -0.2) is 4.79 Å². The highest BCUT2D eigenvalue weighted by molar-refractivity contribution is 6.33. The fraction of sp³-hybridized carbons (Fsp3) is 0.818. The first-order valence-electron chi connectivity index (χ1n) is 10.1. The number of aliphatic hydroxyl groups is 1. The monoisotopic (exact) mass is 366 g/mol. The van der Waals surface area contributed by atoms with Gasteiger partial charge in [-0.1, -0.05) is 52.2 Å². The topological polar surface area (TPSA) is 63.6 Å². The number of aliphatic hydroxyl groups excluding tert-OH is 1. The van der Waals surface area contributed by atoms with Gasteiger partial charge < -0.3 is 9.84 Å². The van der Waals surface area contributed by atoms with Crippen molar-refractivity contribution in [3.63, 3.8) is 0 Å². The van der Waals surface area contributed by atoms with Crippen LogP contribution in [0.3, 0.4) is 0 Å². The first-order chi connectivity index (χ1) is 12.1. The molecule has 1 aliphatic rings. The maximum absolute atomic E-state index is 11.8. The van der Waals surface area contributed by atoms with Crippen LogP contribution in [0, 0.1) is 17.3 Å². The summed E-state index contributed by atoms with van der Waals surface area (Å²) in [5, 5.41) is 9.77. The molecule has 0 spiro atoms. The van der Waals surface area contributed by atoms with Crippen molar-refractivity contribution in [1.82, 2.24) is 0 Å². The van der Waals surface area contributed by atoms with E-state index in [1.165, 1.54) is 12.7 Å². The Hall–Kier alpha value is -1.16. The number of rotatable bonds is 10. The van der Waals surface area contributed by atoms with E-state index in [4.69, 9.17) is 0 Å². The van der Waals surface area contributed by atoms with Crippen LogP contribution in [0.1, 0.15) is 85.5 Å². The molecule has 1 N–H and O–H groups in total. The summed E-state index contributed by atoms with van der Waals surface area (Å²) in [5.41, 5.74) is 1.25. The Bertz CT molecular complexity index is 492. The molecule has 0 heterocycles. The van der Waals surface area contributed by atoms with Crippen LogP contribution in [0.25, 0.3) is 0 Å². The molecule has 1 aliphatic carbocycles. The normalized spacial score (nSPS) is 22.1. The summed E-state index contributed by atoms with van der Waals surface area (Å²) < 4.78 is 4.51. The Morgan fingerprint density at radius 2 is 2.00 bits per heavy atom. The van der Waals surface area contributed by atoms with Crippen molar-refractivity contribution < 1.29 is 19.4 Å². The zero-order valence-corrected chi connectivity index (χ0v) is 17.3. The summed E-state index contributed by atoms with van der Waals surface area (Å²) in [6, 6.07) is 0. The third kappa shape index (κ3) is 8.48. The standard InChI is InChI=1S/C22H38O4/c1-16(17(2)11-12-18-9-6-10-19(23)14-18)8-7-13-22(3,4)15-20(24)21(25)26-5/h12,16-17,19,23H,6-11,13-15H2,1-5H3/b18-12+/t16-,17?,19-/m0/s1. The molecule has 0 aromatic heterocycles. The molecule has 150 valence electrons. The first-order valence-corrected chi connectivity index (χ1v) is 10.1. The second-order valence-corrected chi connectivity index (χ2v) is 8.95. The summed E-state index contributed by atoms with van der Waals surface area (Å²) in [5.74, 6) is 0.0648. The third-order valence-electron chi connectivity index (χ3n) is 5.85. The molecule has 1 rings (SSSR count). The van der Waals surface area contributed by atoms with Crippen LogP contribution in [-0.4, -0.2) is 30.1 Å². The van der Waals surface area contributed by atoms with Crippen LogP contribution in [0.4, 0.5) is 0 Å². The molecule has 0 aromatic carbocycles. The quantitative estimate of drug-likeness (QED) is 0.341. The van der Waals surface area contributed by atoms with E-state index in [2.05, 4.69) is 24.7 Å². The van der Waals surface area contributed by atoms with Crippen molar-refractivity contribution in [2.45, 2.75) is 91.6 Å². The van der Waals surface area contributed by atoms with E-state index in [-0.39, 0.29) is 17.9 Å². The van der Waals surface area contributed by atoms with Gasteiger partial charge in [0.2, 0.25) is 5.78 Å². The number of ketones is 1. The Morgan fingerprint density at radius 3 is 2.62 bits per heavy atom. The first kappa shape index (κ1) is 22.9. The van der Waals surface area contributed by atoms with Crippen molar-refractivity contribution >= 4 is 11.8 Å². The molecule has 0 aromatic rings. The van der Waals surface area contributed by atoms with Crippen LogP contribution in [0.15, 0.2) is 11.6 Å². The number of hydrogen-bond acceptors (Lipinski definition) is 4. The molecule has 1 unspecified atom stereocenters. The van der Waals surface area contributed by atoms with E-state index in [0.29, 0.717) is 11.8 Å². The van der Waals surface area contributed by atoms with Crippen molar-refractivity contribution in [2.24, 2.45) is 17.3 Å². The molecular formula is C22H38O4.